The third-order valence-electron chi connectivity index (χ3n) is 4.82. The highest BCUT2D eigenvalue weighted by Gasteiger charge is 2.34. The molecule has 0 saturated heterocycles. The fourth-order valence-electron chi connectivity index (χ4n) is 3.15. The SMILES string of the molecule is O=C(c1ccc(CS(=O)(=O)c2ccccc2)o1)N(Cc1ccc(F)cc1)C1CC1. The minimum atomic E-state index is -3.56. The molecular formula is C22H20FNO4S. The highest BCUT2D eigenvalue weighted by atomic mass is 32.2. The summed E-state index contributed by atoms with van der Waals surface area (Å²) in [6, 6.07) is 17.3. The zero-order chi connectivity index (χ0) is 20.4. The molecule has 1 amide bonds. The summed E-state index contributed by atoms with van der Waals surface area (Å²) in [5, 5.41) is 0. The van der Waals surface area contributed by atoms with Crippen molar-refractivity contribution >= 4 is 15.7 Å². The molecule has 1 heterocycles. The van der Waals surface area contributed by atoms with Gasteiger partial charge in [0.2, 0.25) is 0 Å². The monoisotopic (exact) mass is 413 g/mol. The zero-order valence-corrected chi connectivity index (χ0v) is 16.4. The van der Waals surface area contributed by atoms with Gasteiger partial charge in [0.05, 0.1) is 4.90 Å². The van der Waals surface area contributed by atoms with Gasteiger partial charge in [0.15, 0.2) is 15.6 Å². The average Bonchev–Trinajstić information content (AvgIpc) is 3.46. The highest BCUT2D eigenvalue weighted by Crippen LogP contribution is 2.30. The third-order valence-corrected chi connectivity index (χ3v) is 6.48. The second-order valence-electron chi connectivity index (χ2n) is 7.13. The molecule has 150 valence electrons. The Hall–Kier alpha value is -2.93. The fraction of sp³-hybridized carbons (Fsp3) is 0.227. The Morgan fingerprint density at radius 1 is 1.00 bits per heavy atom. The van der Waals surface area contributed by atoms with Crippen LogP contribution in [0.25, 0.3) is 0 Å². The third kappa shape index (κ3) is 4.56. The number of carbonyl (C=O) groups excluding carboxylic acids is 1. The molecule has 0 aliphatic heterocycles. The summed E-state index contributed by atoms with van der Waals surface area (Å²) in [7, 11) is -3.56. The van der Waals surface area contributed by atoms with Gasteiger partial charge in [0, 0.05) is 12.6 Å². The van der Waals surface area contributed by atoms with Crippen LogP contribution >= 0.6 is 0 Å². The molecular weight excluding hydrogens is 393 g/mol. The molecule has 0 bridgehead atoms. The van der Waals surface area contributed by atoms with Gasteiger partial charge in [-0.1, -0.05) is 30.3 Å². The summed E-state index contributed by atoms with van der Waals surface area (Å²) in [6.45, 7) is 0.349. The van der Waals surface area contributed by atoms with E-state index in [0.717, 1.165) is 18.4 Å². The largest absolute Gasteiger partial charge is 0.455 e. The van der Waals surface area contributed by atoms with Gasteiger partial charge in [-0.25, -0.2) is 12.8 Å². The molecule has 0 unspecified atom stereocenters. The number of rotatable bonds is 7. The molecule has 1 aromatic heterocycles. The molecule has 0 atom stereocenters. The van der Waals surface area contributed by atoms with Crippen LogP contribution in [-0.2, 0) is 22.1 Å². The highest BCUT2D eigenvalue weighted by molar-refractivity contribution is 7.90. The van der Waals surface area contributed by atoms with Gasteiger partial charge >= 0.3 is 0 Å². The van der Waals surface area contributed by atoms with E-state index in [4.69, 9.17) is 4.42 Å². The molecule has 4 rings (SSSR count). The van der Waals surface area contributed by atoms with Crippen LogP contribution in [-0.4, -0.2) is 25.3 Å². The number of sulfone groups is 1. The van der Waals surface area contributed by atoms with E-state index in [1.54, 1.807) is 35.2 Å². The lowest BCUT2D eigenvalue weighted by atomic mass is 10.2. The van der Waals surface area contributed by atoms with Crippen LogP contribution in [0.1, 0.15) is 34.7 Å². The Morgan fingerprint density at radius 3 is 2.34 bits per heavy atom. The first-order valence-corrected chi connectivity index (χ1v) is 11.0. The lowest BCUT2D eigenvalue weighted by molar-refractivity contribution is 0.0696. The normalized spacial score (nSPS) is 14.0. The van der Waals surface area contributed by atoms with Crippen LogP contribution in [0.3, 0.4) is 0 Å². The maximum Gasteiger partial charge on any atom is 0.290 e. The molecule has 0 radical (unpaired) electrons. The first-order chi connectivity index (χ1) is 13.9. The maximum atomic E-state index is 13.1. The number of amides is 1. The van der Waals surface area contributed by atoms with E-state index < -0.39 is 9.84 Å². The summed E-state index contributed by atoms with van der Waals surface area (Å²) in [5.74, 6) is -0.605. The van der Waals surface area contributed by atoms with Crippen LogP contribution in [0.4, 0.5) is 4.39 Å². The van der Waals surface area contributed by atoms with Crippen molar-refractivity contribution in [3.8, 4) is 0 Å². The van der Waals surface area contributed by atoms with Gasteiger partial charge in [0.1, 0.15) is 17.3 Å². The molecule has 3 aromatic rings. The summed E-state index contributed by atoms with van der Waals surface area (Å²) < 4.78 is 43.8. The minimum Gasteiger partial charge on any atom is -0.455 e. The van der Waals surface area contributed by atoms with E-state index in [-0.39, 0.29) is 39.9 Å². The van der Waals surface area contributed by atoms with E-state index >= 15 is 0 Å². The first-order valence-electron chi connectivity index (χ1n) is 9.34. The van der Waals surface area contributed by atoms with Crippen molar-refractivity contribution in [2.24, 2.45) is 0 Å². The van der Waals surface area contributed by atoms with Crippen molar-refractivity contribution in [1.82, 2.24) is 4.90 Å². The van der Waals surface area contributed by atoms with Crippen LogP contribution in [0.5, 0.6) is 0 Å². The van der Waals surface area contributed by atoms with Crippen molar-refractivity contribution in [3.05, 3.63) is 89.6 Å². The molecule has 29 heavy (non-hydrogen) atoms. The van der Waals surface area contributed by atoms with Crippen LogP contribution in [0.2, 0.25) is 0 Å². The Kier molecular flexibility index (Phi) is 5.24. The van der Waals surface area contributed by atoms with E-state index in [9.17, 15) is 17.6 Å². The number of nitrogens with zero attached hydrogens (tertiary/aromatic N) is 1. The summed E-state index contributed by atoms with van der Waals surface area (Å²) in [6.07, 6.45) is 1.81. The van der Waals surface area contributed by atoms with Gasteiger partial charge in [-0.05, 0) is 54.8 Å². The van der Waals surface area contributed by atoms with Crippen molar-refractivity contribution in [3.63, 3.8) is 0 Å². The fourth-order valence-corrected chi connectivity index (χ4v) is 4.42. The molecule has 2 aromatic carbocycles. The van der Waals surface area contributed by atoms with Gasteiger partial charge < -0.3 is 9.32 Å². The van der Waals surface area contributed by atoms with E-state index in [2.05, 4.69) is 0 Å². The van der Waals surface area contributed by atoms with Crippen molar-refractivity contribution in [1.29, 1.82) is 0 Å². The smallest absolute Gasteiger partial charge is 0.290 e. The van der Waals surface area contributed by atoms with Gasteiger partial charge in [0.25, 0.3) is 5.91 Å². The Morgan fingerprint density at radius 2 is 1.69 bits per heavy atom. The second-order valence-corrected chi connectivity index (χ2v) is 9.12. The number of carbonyl (C=O) groups is 1. The summed E-state index contributed by atoms with van der Waals surface area (Å²) in [4.78, 5) is 14.9. The predicted molar refractivity (Wildman–Crippen MR) is 105 cm³/mol. The molecule has 5 nitrogen and oxygen atoms in total. The molecule has 1 saturated carbocycles. The molecule has 0 spiro atoms. The maximum absolute atomic E-state index is 13.1. The van der Waals surface area contributed by atoms with Crippen molar-refractivity contribution < 1.29 is 22.0 Å². The number of hydrogen-bond donors (Lipinski definition) is 0. The molecule has 7 heteroatoms. The summed E-state index contributed by atoms with van der Waals surface area (Å²) >= 11 is 0. The molecule has 1 fully saturated rings. The van der Waals surface area contributed by atoms with Crippen LogP contribution in [0.15, 0.2) is 76.0 Å². The first kappa shape index (κ1) is 19.4. The number of furan rings is 1. The lowest BCUT2D eigenvalue weighted by Gasteiger charge is -2.21. The van der Waals surface area contributed by atoms with Gasteiger partial charge in [-0.15, -0.1) is 0 Å². The van der Waals surface area contributed by atoms with Gasteiger partial charge in [-0.3, -0.25) is 4.79 Å². The molecule has 1 aliphatic carbocycles. The number of benzene rings is 2. The van der Waals surface area contributed by atoms with E-state index in [1.165, 1.54) is 36.4 Å². The van der Waals surface area contributed by atoms with E-state index in [1.807, 2.05) is 0 Å². The number of hydrogen-bond acceptors (Lipinski definition) is 4. The predicted octanol–water partition coefficient (Wildman–Crippen LogP) is 4.20. The molecule has 1 aliphatic rings. The topological polar surface area (TPSA) is 67.6 Å². The quantitative estimate of drug-likeness (QED) is 0.582. The zero-order valence-electron chi connectivity index (χ0n) is 15.6. The minimum absolute atomic E-state index is 0.109. The van der Waals surface area contributed by atoms with Crippen molar-refractivity contribution in [2.45, 2.75) is 36.1 Å². The summed E-state index contributed by atoms with van der Waals surface area (Å²) in [5.41, 5.74) is 0.824. The molecule has 0 N–H and O–H groups in total. The number of halogens is 1. The van der Waals surface area contributed by atoms with Gasteiger partial charge in [-0.2, -0.15) is 0 Å². The van der Waals surface area contributed by atoms with E-state index in [0.29, 0.717) is 6.54 Å². The second kappa shape index (κ2) is 7.83. The lowest BCUT2D eigenvalue weighted by Crippen LogP contribution is -2.32. The standard InChI is InChI=1S/C22H20FNO4S/c23-17-8-6-16(7-9-17)14-24(18-10-11-18)22(25)21-13-12-19(28-21)15-29(26,27)20-4-2-1-3-5-20/h1-9,12-13,18H,10-11,14-15H2. The van der Waals surface area contributed by atoms with Crippen molar-refractivity contribution in [2.75, 3.05) is 0 Å². The average molecular weight is 413 g/mol. The van der Waals surface area contributed by atoms with Crippen LogP contribution in [0, 0.1) is 5.82 Å². The Balaban J connectivity index is 1.50. The Labute approximate surface area is 168 Å². The Bertz CT molecular complexity index is 1100. The van der Waals surface area contributed by atoms with Crippen LogP contribution < -0.4 is 0 Å².